The van der Waals surface area contributed by atoms with Crippen LogP contribution in [0.2, 0.25) is 0 Å². The van der Waals surface area contributed by atoms with Crippen LogP contribution in [0.15, 0.2) is 42.5 Å². The van der Waals surface area contributed by atoms with Crippen LogP contribution >= 0.6 is 0 Å². The Morgan fingerprint density at radius 2 is 1.83 bits per heavy atom. The van der Waals surface area contributed by atoms with Crippen molar-refractivity contribution in [1.29, 1.82) is 5.26 Å². The first kappa shape index (κ1) is 38.0. The molecule has 12 heteroatoms. The largest absolute Gasteiger partial charge is 0.493 e. The fourth-order valence-electron chi connectivity index (χ4n) is 8.20. The van der Waals surface area contributed by atoms with Gasteiger partial charge in [-0.15, -0.1) is 5.26 Å². The molecule has 11 nitrogen and oxygen atoms in total. The average molecular weight is 728 g/mol. The Bertz CT molecular complexity index is 1830. The number of hydrogen-bond donors (Lipinski definition) is 0. The van der Waals surface area contributed by atoms with Crippen LogP contribution in [-0.4, -0.2) is 84.7 Å². The number of allylic oxidation sites excluding steroid dienone is 1. The molecule has 3 aliphatic rings. The number of likely N-dealkylation sites (tertiary alicyclic amines) is 2. The SMILES string of the molecule is CCOCCn1c(C(=O)C2CCN(CCCC3(Cc4ccc(F)cc4)CCN(Cc4cc(OC)c(OC)c(OC#N)c4)C3=O)CC2)nc2c1C=CCC2. The van der Waals surface area contributed by atoms with E-state index < -0.39 is 5.41 Å². The Hall–Kier alpha value is -4.73. The monoisotopic (exact) mass is 727 g/mol. The van der Waals surface area contributed by atoms with Crippen LogP contribution < -0.4 is 14.2 Å². The number of nitriles is 1. The highest BCUT2D eigenvalue weighted by Gasteiger charge is 2.46. The molecule has 3 heterocycles. The van der Waals surface area contributed by atoms with E-state index in [2.05, 4.69) is 21.6 Å². The average Bonchev–Trinajstić information content (AvgIpc) is 3.69. The molecule has 1 unspecified atom stereocenters. The zero-order valence-electron chi connectivity index (χ0n) is 31.1. The first-order chi connectivity index (χ1) is 25.8. The summed E-state index contributed by atoms with van der Waals surface area (Å²) >= 11 is 0. The maximum atomic E-state index is 14.4. The van der Waals surface area contributed by atoms with E-state index in [1.807, 2.05) is 11.8 Å². The van der Waals surface area contributed by atoms with E-state index in [-0.39, 0.29) is 29.2 Å². The number of Topliss-reactive ketones (excluding diaryl/α,β-unsaturated/α-hetero) is 1. The van der Waals surface area contributed by atoms with Gasteiger partial charge in [-0.1, -0.05) is 18.2 Å². The lowest BCUT2D eigenvalue weighted by Gasteiger charge is -2.33. The minimum absolute atomic E-state index is 0.0565. The summed E-state index contributed by atoms with van der Waals surface area (Å²) in [4.78, 5) is 37.3. The summed E-state index contributed by atoms with van der Waals surface area (Å²) in [6.07, 6.45) is 12.0. The number of aryl methyl sites for hydroxylation is 1. The molecule has 0 spiro atoms. The predicted molar refractivity (Wildman–Crippen MR) is 197 cm³/mol. The molecular weight excluding hydrogens is 677 g/mol. The van der Waals surface area contributed by atoms with Crippen molar-refractivity contribution >= 4 is 17.8 Å². The van der Waals surface area contributed by atoms with Gasteiger partial charge in [0.2, 0.25) is 17.4 Å². The standard InChI is InChI=1S/C41H50FN5O6/c1-4-52-23-22-47-34-9-6-5-8-33(34)44-39(47)37(48)31-14-19-45(20-15-31)18-7-16-41(26-29-10-12-32(42)13-11-29)17-21-46(40(41)49)27-30-24-35(50-2)38(51-3)36(25-30)53-28-43/h6,9-13,24-25,31H,4-5,7-8,14-23,26-27H2,1-3H3. The van der Waals surface area contributed by atoms with Crippen molar-refractivity contribution in [3.05, 3.63) is 76.6 Å². The van der Waals surface area contributed by atoms with Crippen LogP contribution in [0.4, 0.5) is 4.39 Å². The van der Waals surface area contributed by atoms with Crippen LogP contribution in [0.25, 0.3) is 6.08 Å². The molecule has 1 aromatic heterocycles. The highest BCUT2D eigenvalue weighted by molar-refractivity contribution is 5.95. The summed E-state index contributed by atoms with van der Waals surface area (Å²) < 4.78 is 37.6. The number of benzene rings is 2. The van der Waals surface area contributed by atoms with Gasteiger partial charge in [0.15, 0.2) is 17.3 Å². The van der Waals surface area contributed by atoms with E-state index in [9.17, 15) is 19.2 Å². The van der Waals surface area contributed by atoms with Crippen molar-refractivity contribution in [1.82, 2.24) is 19.4 Å². The van der Waals surface area contributed by atoms with Gasteiger partial charge in [0, 0.05) is 32.2 Å². The van der Waals surface area contributed by atoms with E-state index in [4.69, 9.17) is 23.9 Å². The number of carbonyl (C=O) groups is 2. The number of carbonyl (C=O) groups excluding carboxylic acids is 2. The van der Waals surface area contributed by atoms with Gasteiger partial charge in [0.1, 0.15) is 5.82 Å². The van der Waals surface area contributed by atoms with Crippen molar-refractivity contribution in [2.24, 2.45) is 11.3 Å². The van der Waals surface area contributed by atoms with Crippen molar-refractivity contribution in [2.75, 3.05) is 53.6 Å². The molecule has 1 aliphatic carbocycles. The van der Waals surface area contributed by atoms with Crippen molar-refractivity contribution in [2.45, 2.75) is 71.4 Å². The van der Waals surface area contributed by atoms with E-state index >= 15 is 0 Å². The molecule has 3 aromatic rings. The molecule has 0 bridgehead atoms. The molecular formula is C41H50FN5O6. The fraction of sp³-hybridized carbons (Fsp3) is 0.512. The third kappa shape index (κ3) is 8.58. The summed E-state index contributed by atoms with van der Waals surface area (Å²) in [7, 11) is 2.99. The molecule has 0 N–H and O–H groups in total. The van der Waals surface area contributed by atoms with Gasteiger partial charge in [-0.25, -0.2) is 9.37 Å². The molecule has 0 radical (unpaired) electrons. The number of methoxy groups -OCH3 is 2. The van der Waals surface area contributed by atoms with E-state index in [1.165, 1.54) is 26.4 Å². The number of rotatable bonds is 17. The predicted octanol–water partition coefficient (Wildman–Crippen LogP) is 6.23. The summed E-state index contributed by atoms with van der Waals surface area (Å²) in [6.45, 7) is 7.10. The quantitative estimate of drug-likeness (QED) is 0.0906. The van der Waals surface area contributed by atoms with Gasteiger partial charge < -0.3 is 33.3 Å². The molecule has 1 amide bonds. The number of ether oxygens (including phenoxy) is 4. The van der Waals surface area contributed by atoms with Gasteiger partial charge >= 0.3 is 0 Å². The Labute approximate surface area is 311 Å². The Morgan fingerprint density at radius 3 is 2.55 bits per heavy atom. The maximum absolute atomic E-state index is 14.4. The number of amides is 1. The van der Waals surface area contributed by atoms with E-state index in [0.29, 0.717) is 69.4 Å². The zero-order valence-corrected chi connectivity index (χ0v) is 31.1. The lowest BCUT2D eigenvalue weighted by atomic mass is 9.76. The third-order valence-electron chi connectivity index (χ3n) is 11.0. The molecule has 1 atom stereocenters. The van der Waals surface area contributed by atoms with Gasteiger partial charge in [-0.05, 0) is 119 Å². The van der Waals surface area contributed by atoms with E-state index in [0.717, 1.165) is 74.3 Å². The first-order valence-corrected chi connectivity index (χ1v) is 18.7. The number of halogens is 1. The number of piperidine rings is 1. The second-order valence-electron chi connectivity index (χ2n) is 14.2. The highest BCUT2D eigenvalue weighted by atomic mass is 19.1. The lowest BCUT2D eigenvalue weighted by molar-refractivity contribution is -0.137. The molecule has 282 valence electrons. The van der Waals surface area contributed by atoms with Crippen molar-refractivity contribution in [3.8, 4) is 23.5 Å². The molecule has 2 saturated heterocycles. The van der Waals surface area contributed by atoms with Crippen LogP contribution in [0.1, 0.15) is 78.6 Å². The lowest BCUT2D eigenvalue weighted by Crippen LogP contribution is -2.39. The summed E-state index contributed by atoms with van der Waals surface area (Å²) in [5, 5.41) is 9.20. The second-order valence-corrected chi connectivity index (χ2v) is 14.2. The van der Waals surface area contributed by atoms with Crippen LogP contribution in [0.5, 0.6) is 17.2 Å². The Balaban J connectivity index is 1.10. The number of fused-ring (bicyclic) bond motifs is 1. The van der Waals surface area contributed by atoms with Crippen molar-refractivity contribution < 1.29 is 32.9 Å². The number of hydrogen-bond acceptors (Lipinski definition) is 9. The van der Waals surface area contributed by atoms with Crippen molar-refractivity contribution in [3.63, 3.8) is 0 Å². The summed E-state index contributed by atoms with van der Waals surface area (Å²) in [5.41, 5.74) is 3.08. The summed E-state index contributed by atoms with van der Waals surface area (Å²) in [5.74, 6) is 1.31. The highest BCUT2D eigenvalue weighted by Crippen LogP contribution is 2.43. The van der Waals surface area contributed by atoms with Crippen LogP contribution in [0, 0.1) is 28.7 Å². The minimum Gasteiger partial charge on any atom is -0.493 e. The van der Waals surface area contributed by atoms with Gasteiger partial charge in [-0.3, -0.25) is 9.59 Å². The van der Waals surface area contributed by atoms with Crippen LogP contribution in [-0.2, 0) is 35.5 Å². The van der Waals surface area contributed by atoms with E-state index in [1.54, 1.807) is 30.5 Å². The second kappa shape index (κ2) is 17.4. The molecule has 0 saturated carbocycles. The molecule has 6 rings (SSSR count). The number of aromatic nitrogens is 2. The first-order valence-electron chi connectivity index (χ1n) is 18.7. The topological polar surface area (TPSA) is 119 Å². The third-order valence-corrected chi connectivity index (χ3v) is 11.0. The molecule has 2 aromatic carbocycles. The zero-order chi connectivity index (χ0) is 37.4. The smallest absolute Gasteiger partial charge is 0.292 e. The van der Waals surface area contributed by atoms with Gasteiger partial charge in [-0.2, -0.15) is 0 Å². The maximum Gasteiger partial charge on any atom is 0.292 e. The fourth-order valence-corrected chi connectivity index (χ4v) is 8.20. The Kier molecular flexibility index (Phi) is 12.5. The normalized spacial score (nSPS) is 18.9. The molecule has 2 aliphatic heterocycles. The van der Waals surface area contributed by atoms with Gasteiger partial charge in [0.05, 0.1) is 37.6 Å². The van der Waals surface area contributed by atoms with Gasteiger partial charge in [0.25, 0.3) is 6.26 Å². The number of imidazole rings is 1. The summed E-state index contributed by atoms with van der Waals surface area (Å²) in [6, 6.07) is 9.93. The number of ketones is 1. The minimum atomic E-state index is -0.638. The molecule has 53 heavy (non-hydrogen) atoms. The molecule has 2 fully saturated rings. The number of nitrogens with zero attached hydrogens (tertiary/aromatic N) is 5. The Morgan fingerprint density at radius 1 is 1.06 bits per heavy atom. The van der Waals surface area contributed by atoms with Crippen LogP contribution in [0.3, 0.4) is 0 Å².